The van der Waals surface area contributed by atoms with Crippen LogP contribution in [0.5, 0.6) is 0 Å². The summed E-state index contributed by atoms with van der Waals surface area (Å²) in [6.45, 7) is 0.696. The van der Waals surface area contributed by atoms with Crippen LogP contribution in [-0.4, -0.2) is 26.7 Å². The van der Waals surface area contributed by atoms with Crippen molar-refractivity contribution < 1.29 is 5.11 Å². The van der Waals surface area contributed by atoms with Gasteiger partial charge in [-0.2, -0.15) is 5.26 Å². The molecule has 0 saturated heterocycles. The van der Waals surface area contributed by atoms with Crippen molar-refractivity contribution >= 4 is 0 Å². The molecule has 1 atom stereocenters. The average Bonchev–Trinajstić information content (AvgIpc) is 2.62. The number of hydrogen-bond donors (Lipinski definition) is 2. The van der Waals surface area contributed by atoms with Gasteiger partial charge in [0.15, 0.2) is 0 Å². The third-order valence-electron chi connectivity index (χ3n) is 1.56. The largest absolute Gasteiger partial charge is 0.396 e. The van der Waals surface area contributed by atoms with Crippen molar-refractivity contribution in [1.29, 1.82) is 5.26 Å². The maximum atomic E-state index is 8.55. The summed E-state index contributed by atoms with van der Waals surface area (Å²) in [5.74, 6) is 0. The van der Waals surface area contributed by atoms with E-state index in [-0.39, 0.29) is 6.61 Å². The van der Waals surface area contributed by atoms with E-state index in [1.807, 2.05) is 6.07 Å². The van der Waals surface area contributed by atoms with E-state index >= 15 is 0 Å². The molecular formula is C7H11N5O. The zero-order valence-electron chi connectivity index (χ0n) is 7.09. The predicted octanol–water partition coefficient (Wildman–Crippen LogP) is -0.816. The molecule has 13 heavy (non-hydrogen) atoms. The number of nitrogens with two attached hydrogens (primary N) is 1. The fraction of sp³-hybridized carbons (Fsp3) is 0.571. The first-order valence-electron chi connectivity index (χ1n) is 3.94. The summed E-state index contributed by atoms with van der Waals surface area (Å²) >= 11 is 0. The quantitative estimate of drug-likeness (QED) is 0.632. The molecule has 0 saturated carbocycles. The lowest BCUT2D eigenvalue weighted by atomic mass is 10.3. The van der Waals surface area contributed by atoms with Gasteiger partial charge >= 0.3 is 0 Å². The molecule has 1 unspecified atom stereocenters. The Kier molecular flexibility index (Phi) is 3.37. The molecule has 6 nitrogen and oxygen atoms in total. The number of nitriles is 1. The van der Waals surface area contributed by atoms with Gasteiger partial charge in [0.25, 0.3) is 0 Å². The van der Waals surface area contributed by atoms with E-state index in [0.717, 1.165) is 0 Å². The van der Waals surface area contributed by atoms with E-state index < -0.39 is 6.04 Å². The van der Waals surface area contributed by atoms with Crippen LogP contribution in [0.3, 0.4) is 0 Å². The first-order valence-corrected chi connectivity index (χ1v) is 3.94. The van der Waals surface area contributed by atoms with Gasteiger partial charge in [-0.05, 0) is 6.42 Å². The molecule has 0 amide bonds. The van der Waals surface area contributed by atoms with E-state index in [0.29, 0.717) is 18.7 Å². The van der Waals surface area contributed by atoms with Gasteiger partial charge in [0.1, 0.15) is 11.7 Å². The third kappa shape index (κ3) is 2.50. The molecule has 0 radical (unpaired) electrons. The number of aromatic nitrogens is 3. The molecule has 0 spiro atoms. The van der Waals surface area contributed by atoms with Crippen LogP contribution in [-0.2, 0) is 6.54 Å². The van der Waals surface area contributed by atoms with Crippen LogP contribution < -0.4 is 5.73 Å². The number of nitrogens with zero attached hydrogens (tertiary/aromatic N) is 4. The van der Waals surface area contributed by atoms with Gasteiger partial charge < -0.3 is 10.8 Å². The SMILES string of the molecule is N#CC(N)c1cn(CCCO)nn1. The van der Waals surface area contributed by atoms with Crippen LogP contribution in [0.15, 0.2) is 6.20 Å². The van der Waals surface area contributed by atoms with E-state index in [2.05, 4.69) is 10.3 Å². The summed E-state index contributed by atoms with van der Waals surface area (Å²) in [6.07, 6.45) is 2.23. The first-order chi connectivity index (χ1) is 6.27. The number of aryl methyl sites for hydroxylation is 1. The first kappa shape index (κ1) is 9.64. The molecule has 0 bridgehead atoms. The molecule has 0 aliphatic rings. The Balaban J connectivity index is 2.59. The molecule has 0 aliphatic heterocycles. The number of aliphatic hydroxyl groups is 1. The highest BCUT2D eigenvalue weighted by molar-refractivity contribution is 5.08. The van der Waals surface area contributed by atoms with Gasteiger partial charge in [-0.15, -0.1) is 5.10 Å². The van der Waals surface area contributed by atoms with Crippen molar-refractivity contribution in [2.75, 3.05) is 6.61 Å². The Hall–Kier alpha value is -1.45. The Morgan fingerprint density at radius 3 is 3.15 bits per heavy atom. The van der Waals surface area contributed by atoms with Crippen molar-refractivity contribution in [3.05, 3.63) is 11.9 Å². The second-order valence-electron chi connectivity index (χ2n) is 2.59. The van der Waals surface area contributed by atoms with E-state index in [1.165, 1.54) is 0 Å². The van der Waals surface area contributed by atoms with Crippen LogP contribution >= 0.6 is 0 Å². The summed E-state index contributed by atoms with van der Waals surface area (Å²) in [6, 6.07) is 1.14. The van der Waals surface area contributed by atoms with Crippen LogP contribution in [0.4, 0.5) is 0 Å². The lowest BCUT2D eigenvalue weighted by molar-refractivity contribution is 0.276. The standard InChI is InChI=1S/C7H11N5O/c8-4-6(9)7-5-12(11-10-7)2-1-3-13/h5-6,13H,1-3,9H2. The highest BCUT2D eigenvalue weighted by Crippen LogP contribution is 2.03. The van der Waals surface area contributed by atoms with Gasteiger partial charge in [-0.3, -0.25) is 4.68 Å². The van der Waals surface area contributed by atoms with Crippen molar-refractivity contribution in [1.82, 2.24) is 15.0 Å². The summed E-state index contributed by atoms with van der Waals surface area (Å²) < 4.78 is 1.56. The Morgan fingerprint density at radius 2 is 2.54 bits per heavy atom. The van der Waals surface area contributed by atoms with Crippen LogP contribution in [0.1, 0.15) is 18.2 Å². The van der Waals surface area contributed by atoms with E-state index in [1.54, 1.807) is 10.9 Å². The smallest absolute Gasteiger partial charge is 0.139 e. The number of rotatable bonds is 4. The Labute approximate surface area is 75.6 Å². The minimum atomic E-state index is -0.720. The normalized spacial score (nSPS) is 12.4. The van der Waals surface area contributed by atoms with Gasteiger partial charge in [0, 0.05) is 13.2 Å². The fourth-order valence-electron chi connectivity index (χ4n) is 0.864. The summed E-state index contributed by atoms with van der Waals surface area (Å²) in [4.78, 5) is 0. The maximum Gasteiger partial charge on any atom is 0.139 e. The van der Waals surface area contributed by atoms with Crippen molar-refractivity contribution in [3.8, 4) is 6.07 Å². The van der Waals surface area contributed by atoms with E-state index in [4.69, 9.17) is 16.1 Å². The van der Waals surface area contributed by atoms with Gasteiger partial charge in [-0.1, -0.05) is 5.21 Å². The van der Waals surface area contributed by atoms with Crippen molar-refractivity contribution in [3.63, 3.8) is 0 Å². The third-order valence-corrected chi connectivity index (χ3v) is 1.56. The predicted molar refractivity (Wildman–Crippen MR) is 44.3 cm³/mol. The zero-order chi connectivity index (χ0) is 9.68. The molecule has 6 heteroatoms. The lowest BCUT2D eigenvalue weighted by Crippen LogP contribution is -2.07. The van der Waals surface area contributed by atoms with Gasteiger partial charge in [0.05, 0.1) is 12.3 Å². The molecule has 0 fully saturated rings. The molecule has 0 aliphatic carbocycles. The molecule has 1 rings (SSSR count). The van der Waals surface area contributed by atoms with Gasteiger partial charge in [0.2, 0.25) is 0 Å². The topological polar surface area (TPSA) is 101 Å². The molecule has 1 aromatic rings. The molecular weight excluding hydrogens is 170 g/mol. The highest BCUT2D eigenvalue weighted by atomic mass is 16.3. The van der Waals surface area contributed by atoms with E-state index in [9.17, 15) is 0 Å². The minimum absolute atomic E-state index is 0.111. The lowest BCUT2D eigenvalue weighted by Gasteiger charge is -1.95. The Bertz CT molecular complexity index is 302. The average molecular weight is 181 g/mol. The Morgan fingerprint density at radius 1 is 1.77 bits per heavy atom. The molecule has 0 aromatic carbocycles. The molecule has 1 heterocycles. The summed E-state index contributed by atoms with van der Waals surface area (Å²) in [5, 5.41) is 24.5. The molecule has 1 aromatic heterocycles. The zero-order valence-corrected chi connectivity index (χ0v) is 7.09. The van der Waals surface area contributed by atoms with Crippen LogP contribution in [0.2, 0.25) is 0 Å². The number of aliphatic hydroxyl groups excluding tert-OH is 1. The minimum Gasteiger partial charge on any atom is -0.396 e. The highest BCUT2D eigenvalue weighted by Gasteiger charge is 2.08. The van der Waals surface area contributed by atoms with Gasteiger partial charge in [-0.25, -0.2) is 0 Å². The molecule has 70 valence electrons. The van der Waals surface area contributed by atoms with Crippen LogP contribution in [0.25, 0.3) is 0 Å². The van der Waals surface area contributed by atoms with Crippen molar-refractivity contribution in [2.24, 2.45) is 5.73 Å². The number of hydrogen-bond acceptors (Lipinski definition) is 5. The second kappa shape index (κ2) is 4.54. The second-order valence-corrected chi connectivity index (χ2v) is 2.59. The maximum absolute atomic E-state index is 8.55. The fourth-order valence-corrected chi connectivity index (χ4v) is 0.864. The monoisotopic (exact) mass is 181 g/mol. The van der Waals surface area contributed by atoms with Crippen molar-refractivity contribution in [2.45, 2.75) is 19.0 Å². The summed E-state index contributed by atoms with van der Waals surface area (Å²) in [5.41, 5.74) is 5.87. The van der Waals surface area contributed by atoms with Crippen LogP contribution in [0, 0.1) is 11.3 Å². The summed E-state index contributed by atoms with van der Waals surface area (Å²) in [7, 11) is 0. The molecule has 3 N–H and O–H groups in total.